The van der Waals surface area contributed by atoms with Crippen LogP contribution in [0.25, 0.3) is 0 Å². The number of H-pyrrole nitrogens is 1. The Balaban J connectivity index is 1.48. The van der Waals surface area contributed by atoms with E-state index < -0.39 is 5.60 Å². The maximum atomic E-state index is 12.8. The largest absolute Gasteiger partial charge is 0.377 e. The zero-order chi connectivity index (χ0) is 17.8. The first-order chi connectivity index (χ1) is 12.7. The fourth-order valence-corrected chi connectivity index (χ4v) is 3.61. The van der Waals surface area contributed by atoms with Crippen molar-refractivity contribution in [3.8, 4) is 0 Å². The lowest BCUT2D eigenvalue weighted by molar-refractivity contribution is -0.133. The lowest BCUT2D eigenvalue weighted by atomic mass is 10.0. The molecule has 2 aliphatic rings. The van der Waals surface area contributed by atoms with E-state index in [1.54, 1.807) is 30.7 Å². The van der Waals surface area contributed by atoms with Crippen molar-refractivity contribution in [2.45, 2.75) is 12.1 Å². The van der Waals surface area contributed by atoms with Gasteiger partial charge in [0, 0.05) is 50.5 Å². The van der Waals surface area contributed by atoms with E-state index in [0.29, 0.717) is 45.0 Å². The Morgan fingerprint density at radius 2 is 2.19 bits per heavy atom. The van der Waals surface area contributed by atoms with Crippen LogP contribution in [0.1, 0.15) is 16.1 Å². The second kappa shape index (κ2) is 7.53. The molecule has 1 N–H and O–H groups in total. The third-order valence-electron chi connectivity index (χ3n) is 4.83. The molecule has 2 aromatic heterocycles. The van der Waals surface area contributed by atoms with Gasteiger partial charge in [-0.2, -0.15) is 5.10 Å². The first kappa shape index (κ1) is 17.1. The monoisotopic (exact) mass is 357 g/mol. The maximum absolute atomic E-state index is 12.8. The fourth-order valence-electron chi connectivity index (χ4n) is 3.61. The molecule has 1 amide bonds. The predicted molar refractivity (Wildman–Crippen MR) is 93.5 cm³/mol. The van der Waals surface area contributed by atoms with Crippen LogP contribution in [-0.4, -0.2) is 82.5 Å². The number of rotatable bonds is 3. The zero-order valence-corrected chi connectivity index (χ0v) is 14.6. The van der Waals surface area contributed by atoms with Gasteiger partial charge in [-0.05, 0) is 18.2 Å². The molecular weight excluding hydrogens is 334 g/mol. The molecule has 1 unspecified atom stereocenters. The van der Waals surface area contributed by atoms with Gasteiger partial charge in [-0.3, -0.25) is 19.8 Å². The zero-order valence-electron chi connectivity index (χ0n) is 14.6. The van der Waals surface area contributed by atoms with Gasteiger partial charge in [0.05, 0.1) is 31.9 Å². The van der Waals surface area contributed by atoms with E-state index in [-0.39, 0.29) is 5.91 Å². The first-order valence-corrected chi connectivity index (χ1v) is 8.86. The molecular formula is C18H23N5O3. The van der Waals surface area contributed by atoms with Gasteiger partial charge in [-0.1, -0.05) is 0 Å². The molecule has 1 atom stereocenters. The molecule has 0 radical (unpaired) electrons. The fraction of sp³-hybridized carbons (Fsp3) is 0.500. The van der Waals surface area contributed by atoms with Crippen molar-refractivity contribution in [3.05, 3.63) is 48.0 Å². The van der Waals surface area contributed by atoms with Gasteiger partial charge >= 0.3 is 0 Å². The molecule has 26 heavy (non-hydrogen) atoms. The Kier molecular flexibility index (Phi) is 4.96. The minimum atomic E-state index is -0.507. The molecule has 8 nitrogen and oxygen atoms in total. The summed E-state index contributed by atoms with van der Waals surface area (Å²) >= 11 is 0. The molecule has 0 bridgehead atoms. The second-order valence-electron chi connectivity index (χ2n) is 6.85. The summed E-state index contributed by atoms with van der Waals surface area (Å²) in [5, 5.41) is 7.01. The standard InChI is InChI=1S/C18H23N5O3/c24-17(15-2-1-4-19-10-15)23-7-9-26-18(13-23)12-22(6-8-25-14-18)11-16-3-5-20-21-16/h1-5,10H,6-9,11-14H2,(H,20,21). The number of ether oxygens (including phenoxy) is 2. The van der Waals surface area contributed by atoms with Crippen LogP contribution in [-0.2, 0) is 16.0 Å². The SMILES string of the molecule is O=C(c1cccnc1)N1CCOC2(COCCN(Cc3ccn[nH]3)C2)C1. The number of hydrogen-bond donors (Lipinski definition) is 1. The van der Waals surface area contributed by atoms with E-state index >= 15 is 0 Å². The summed E-state index contributed by atoms with van der Waals surface area (Å²) in [5.41, 5.74) is 1.15. The van der Waals surface area contributed by atoms with Crippen molar-refractivity contribution < 1.29 is 14.3 Å². The van der Waals surface area contributed by atoms with Crippen molar-refractivity contribution in [1.29, 1.82) is 0 Å². The molecule has 0 aromatic carbocycles. The van der Waals surface area contributed by atoms with E-state index in [0.717, 1.165) is 18.8 Å². The topological polar surface area (TPSA) is 83.6 Å². The lowest BCUT2D eigenvalue weighted by Gasteiger charge is -2.43. The van der Waals surface area contributed by atoms with E-state index in [2.05, 4.69) is 20.1 Å². The highest BCUT2D eigenvalue weighted by atomic mass is 16.5. The molecule has 1 spiro atoms. The predicted octanol–water partition coefficient (Wildman–Crippen LogP) is 0.548. The van der Waals surface area contributed by atoms with Crippen LogP contribution in [0.2, 0.25) is 0 Å². The third-order valence-corrected chi connectivity index (χ3v) is 4.83. The number of carbonyl (C=O) groups is 1. The normalized spacial score (nSPS) is 24.5. The molecule has 4 heterocycles. The summed E-state index contributed by atoms with van der Waals surface area (Å²) in [7, 11) is 0. The van der Waals surface area contributed by atoms with E-state index in [9.17, 15) is 4.79 Å². The van der Waals surface area contributed by atoms with Gasteiger partial charge in [0.25, 0.3) is 5.91 Å². The summed E-state index contributed by atoms with van der Waals surface area (Å²) in [5.74, 6) is -0.00913. The first-order valence-electron chi connectivity index (χ1n) is 8.86. The van der Waals surface area contributed by atoms with Gasteiger partial charge < -0.3 is 14.4 Å². The molecule has 2 saturated heterocycles. The number of aromatic nitrogens is 3. The minimum absolute atomic E-state index is 0.00913. The Morgan fingerprint density at radius 3 is 3.00 bits per heavy atom. The Bertz CT molecular complexity index is 724. The van der Waals surface area contributed by atoms with Crippen LogP contribution in [0.5, 0.6) is 0 Å². The Labute approximate surface area is 152 Å². The summed E-state index contributed by atoms with van der Waals surface area (Å²) < 4.78 is 12.0. The molecule has 138 valence electrons. The number of carbonyl (C=O) groups excluding carboxylic acids is 1. The van der Waals surface area contributed by atoms with Gasteiger partial charge in [0.2, 0.25) is 0 Å². The van der Waals surface area contributed by atoms with Crippen LogP contribution >= 0.6 is 0 Å². The van der Waals surface area contributed by atoms with Gasteiger partial charge in [0.1, 0.15) is 5.60 Å². The van der Waals surface area contributed by atoms with Gasteiger partial charge in [0.15, 0.2) is 0 Å². The quantitative estimate of drug-likeness (QED) is 0.864. The smallest absolute Gasteiger partial charge is 0.255 e. The average Bonchev–Trinajstić information content (AvgIpc) is 3.11. The molecule has 0 aliphatic carbocycles. The van der Waals surface area contributed by atoms with Crippen molar-refractivity contribution in [1.82, 2.24) is 25.0 Å². The summed E-state index contributed by atoms with van der Waals surface area (Å²) in [6.07, 6.45) is 5.04. The molecule has 4 rings (SSSR count). The van der Waals surface area contributed by atoms with Gasteiger partial charge in [-0.15, -0.1) is 0 Å². The second-order valence-corrected chi connectivity index (χ2v) is 6.85. The number of amides is 1. The number of pyridine rings is 1. The number of hydrogen-bond acceptors (Lipinski definition) is 6. The van der Waals surface area contributed by atoms with Crippen molar-refractivity contribution in [2.24, 2.45) is 0 Å². The highest BCUT2D eigenvalue weighted by Gasteiger charge is 2.41. The number of morpholine rings is 1. The molecule has 0 saturated carbocycles. The molecule has 2 fully saturated rings. The number of aromatic amines is 1. The van der Waals surface area contributed by atoms with E-state index in [4.69, 9.17) is 9.47 Å². The van der Waals surface area contributed by atoms with Crippen molar-refractivity contribution in [2.75, 3.05) is 46.0 Å². The van der Waals surface area contributed by atoms with Crippen LogP contribution in [0.3, 0.4) is 0 Å². The Morgan fingerprint density at radius 1 is 1.23 bits per heavy atom. The van der Waals surface area contributed by atoms with Gasteiger partial charge in [-0.25, -0.2) is 0 Å². The van der Waals surface area contributed by atoms with E-state index in [1.807, 2.05) is 11.0 Å². The molecule has 8 heteroatoms. The third kappa shape index (κ3) is 3.77. The highest BCUT2D eigenvalue weighted by Crippen LogP contribution is 2.24. The summed E-state index contributed by atoms with van der Waals surface area (Å²) in [4.78, 5) is 21.0. The number of nitrogens with one attached hydrogen (secondary N) is 1. The van der Waals surface area contributed by atoms with Crippen molar-refractivity contribution in [3.63, 3.8) is 0 Å². The lowest BCUT2D eigenvalue weighted by Crippen LogP contribution is -2.59. The van der Waals surface area contributed by atoms with Crippen LogP contribution in [0.4, 0.5) is 0 Å². The van der Waals surface area contributed by atoms with Crippen LogP contribution in [0.15, 0.2) is 36.8 Å². The number of nitrogens with zero attached hydrogens (tertiary/aromatic N) is 4. The van der Waals surface area contributed by atoms with Crippen molar-refractivity contribution >= 4 is 5.91 Å². The molecule has 2 aromatic rings. The Hall–Kier alpha value is -2.29. The molecule has 2 aliphatic heterocycles. The van der Waals surface area contributed by atoms with Crippen LogP contribution < -0.4 is 0 Å². The summed E-state index contributed by atoms with van der Waals surface area (Å²) in [6, 6.07) is 5.55. The van der Waals surface area contributed by atoms with Crippen LogP contribution in [0, 0.1) is 0 Å². The summed E-state index contributed by atoms with van der Waals surface area (Å²) in [6.45, 7) is 5.02. The van der Waals surface area contributed by atoms with E-state index in [1.165, 1.54) is 0 Å². The maximum Gasteiger partial charge on any atom is 0.255 e. The highest BCUT2D eigenvalue weighted by molar-refractivity contribution is 5.94. The average molecular weight is 357 g/mol. The minimum Gasteiger partial charge on any atom is -0.377 e.